The summed E-state index contributed by atoms with van der Waals surface area (Å²) in [5.74, 6) is -0.0323. The number of hydrogen-bond donors (Lipinski definition) is 2. The molecule has 1 aromatic rings. The molecule has 0 aliphatic heterocycles. The summed E-state index contributed by atoms with van der Waals surface area (Å²) in [4.78, 5) is 3.84. The zero-order valence-electron chi connectivity index (χ0n) is 11.7. The van der Waals surface area contributed by atoms with E-state index in [1.807, 2.05) is 0 Å². The molecule has 118 valence electrons. The van der Waals surface area contributed by atoms with Crippen molar-refractivity contribution in [1.29, 1.82) is 0 Å². The molecule has 0 unspecified atom stereocenters. The van der Waals surface area contributed by atoms with Gasteiger partial charge in [-0.15, -0.1) is 0 Å². The van der Waals surface area contributed by atoms with Crippen LogP contribution in [-0.4, -0.2) is 24.2 Å². The van der Waals surface area contributed by atoms with Crippen LogP contribution >= 0.6 is 0 Å². The standard InChI is InChI=1S/C14H20F3N3O/c15-14(16,17)10-8-12(18)20-13(9-10)19-6-7-21-11-4-2-1-3-5-11/h8-9,11H,1-7H2,(H3,18,19,20). The first kappa shape index (κ1) is 15.9. The summed E-state index contributed by atoms with van der Waals surface area (Å²) in [5, 5.41) is 2.82. The second-order valence-corrected chi connectivity index (χ2v) is 5.22. The molecule has 1 aromatic heterocycles. The smallest absolute Gasteiger partial charge is 0.384 e. The number of nitrogens with zero attached hydrogens (tertiary/aromatic N) is 1. The van der Waals surface area contributed by atoms with Gasteiger partial charge in [0.25, 0.3) is 0 Å². The first-order valence-electron chi connectivity index (χ1n) is 7.15. The van der Waals surface area contributed by atoms with Gasteiger partial charge in [0.1, 0.15) is 11.6 Å². The van der Waals surface area contributed by atoms with Crippen LogP contribution in [0.5, 0.6) is 0 Å². The van der Waals surface area contributed by atoms with Gasteiger partial charge >= 0.3 is 6.18 Å². The fraction of sp³-hybridized carbons (Fsp3) is 0.643. The van der Waals surface area contributed by atoms with Crippen molar-refractivity contribution < 1.29 is 17.9 Å². The Hall–Kier alpha value is -1.50. The second kappa shape index (κ2) is 6.98. The molecule has 1 saturated carbocycles. The minimum Gasteiger partial charge on any atom is -0.384 e. The quantitative estimate of drug-likeness (QED) is 0.818. The normalized spacial score (nSPS) is 16.9. The number of hydrogen-bond acceptors (Lipinski definition) is 4. The van der Waals surface area contributed by atoms with Crippen LogP contribution in [0.4, 0.5) is 24.8 Å². The van der Waals surface area contributed by atoms with Gasteiger partial charge in [0.05, 0.1) is 18.3 Å². The van der Waals surface area contributed by atoms with Crippen molar-refractivity contribution in [3.63, 3.8) is 0 Å². The van der Waals surface area contributed by atoms with Gasteiger partial charge in [-0.2, -0.15) is 13.2 Å². The lowest BCUT2D eigenvalue weighted by atomic mass is 9.98. The lowest BCUT2D eigenvalue weighted by Gasteiger charge is -2.22. The van der Waals surface area contributed by atoms with Crippen LogP contribution in [0.15, 0.2) is 12.1 Å². The van der Waals surface area contributed by atoms with E-state index in [4.69, 9.17) is 10.5 Å². The summed E-state index contributed by atoms with van der Waals surface area (Å²) in [6.45, 7) is 0.854. The third kappa shape index (κ3) is 5.08. The van der Waals surface area contributed by atoms with E-state index in [1.165, 1.54) is 19.3 Å². The number of nitrogens with one attached hydrogen (secondary N) is 1. The number of alkyl halides is 3. The molecule has 2 rings (SSSR count). The average Bonchev–Trinajstić information content (AvgIpc) is 2.43. The third-order valence-electron chi connectivity index (χ3n) is 3.49. The number of ether oxygens (including phenoxy) is 1. The number of anilines is 2. The molecule has 4 nitrogen and oxygen atoms in total. The minimum atomic E-state index is -4.42. The van der Waals surface area contributed by atoms with E-state index >= 15 is 0 Å². The molecule has 3 N–H and O–H groups in total. The van der Waals surface area contributed by atoms with E-state index in [1.54, 1.807) is 0 Å². The van der Waals surface area contributed by atoms with Crippen molar-refractivity contribution >= 4 is 11.6 Å². The highest BCUT2D eigenvalue weighted by molar-refractivity contribution is 5.47. The fourth-order valence-electron chi connectivity index (χ4n) is 2.44. The van der Waals surface area contributed by atoms with Crippen molar-refractivity contribution in [2.24, 2.45) is 0 Å². The summed E-state index contributed by atoms with van der Waals surface area (Å²) in [7, 11) is 0. The molecule has 1 fully saturated rings. The summed E-state index contributed by atoms with van der Waals surface area (Å²) in [6.07, 6.45) is 1.61. The van der Waals surface area contributed by atoms with Gasteiger partial charge in [-0.1, -0.05) is 19.3 Å². The Morgan fingerprint density at radius 2 is 1.95 bits per heavy atom. The van der Waals surface area contributed by atoms with Crippen LogP contribution in [-0.2, 0) is 10.9 Å². The molecule has 0 amide bonds. The monoisotopic (exact) mass is 303 g/mol. The fourth-order valence-corrected chi connectivity index (χ4v) is 2.44. The van der Waals surface area contributed by atoms with E-state index in [-0.39, 0.29) is 17.7 Å². The van der Waals surface area contributed by atoms with Crippen LogP contribution < -0.4 is 11.1 Å². The summed E-state index contributed by atoms with van der Waals surface area (Å²) in [6, 6.07) is 1.78. The first-order valence-corrected chi connectivity index (χ1v) is 7.15. The van der Waals surface area contributed by atoms with Crippen molar-refractivity contribution in [2.75, 3.05) is 24.2 Å². The van der Waals surface area contributed by atoms with E-state index in [2.05, 4.69) is 10.3 Å². The van der Waals surface area contributed by atoms with Crippen LogP contribution in [0.1, 0.15) is 37.7 Å². The maximum atomic E-state index is 12.6. The van der Waals surface area contributed by atoms with E-state index in [0.29, 0.717) is 13.2 Å². The van der Waals surface area contributed by atoms with Gasteiger partial charge in [0.2, 0.25) is 0 Å². The number of halogens is 3. The zero-order valence-corrected chi connectivity index (χ0v) is 11.7. The molecule has 7 heteroatoms. The largest absolute Gasteiger partial charge is 0.416 e. The predicted octanol–water partition coefficient (Wildman–Crippen LogP) is 3.44. The van der Waals surface area contributed by atoms with Crippen LogP contribution in [0.2, 0.25) is 0 Å². The molecule has 0 aromatic carbocycles. The number of rotatable bonds is 5. The lowest BCUT2D eigenvalue weighted by molar-refractivity contribution is -0.137. The van der Waals surface area contributed by atoms with Crippen molar-refractivity contribution in [2.45, 2.75) is 44.4 Å². The Kier molecular flexibility index (Phi) is 5.27. The Morgan fingerprint density at radius 3 is 2.62 bits per heavy atom. The Bertz CT molecular complexity index is 459. The highest BCUT2D eigenvalue weighted by Gasteiger charge is 2.31. The molecule has 0 spiro atoms. The molecule has 21 heavy (non-hydrogen) atoms. The van der Waals surface area contributed by atoms with Gasteiger partial charge in [0, 0.05) is 6.54 Å². The highest BCUT2D eigenvalue weighted by Crippen LogP contribution is 2.31. The van der Waals surface area contributed by atoms with Crippen LogP contribution in [0, 0.1) is 0 Å². The number of aromatic nitrogens is 1. The highest BCUT2D eigenvalue weighted by atomic mass is 19.4. The molecular weight excluding hydrogens is 283 g/mol. The molecular formula is C14H20F3N3O. The van der Waals surface area contributed by atoms with Gasteiger partial charge in [-0.3, -0.25) is 0 Å². The maximum absolute atomic E-state index is 12.6. The number of nitrogen functional groups attached to an aromatic ring is 1. The average molecular weight is 303 g/mol. The summed E-state index contributed by atoms with van der Waals surface area (Å²) in [5.41, 5.74) is 4.59. The Morgan fingerprint density at radius 1 is 1.24 bits per heavy atom. The van der Waals surface area contributed by atoms with Gasteiger partial charge < -0.3 is 15.8 Å². The number of pyridine rings is 1. The van der Waals surface area contributed by atoms with Crippen LogP contribution in [0.25, 0.3) is 0 Å². The van der Waals surface area contributed by atoms with Crippen molar-refractivity contribution in [1.82, 2.24) is 4.98 Å². The zero-order chi connectivity index (χ0) is 15.3. The molecule has 1 heterocycles. The van der Waals surface area contributed by atoms with E-state index in [0.717, 1.165) is 25.0 Å². The van der Waals surface area contributed by atoms with E-state index in [9.17, 15) is 13.2 Å². The van der Waals surface area contributed by atoms with Crippen LogP contribution in [0.3, 0.4) is 0 Å². The van der Waals surface area contributed by atoms with Gasteiger partial charge in [-0.25, -0.2) is 4.98 Å². The Balaban J connectivity index is 1.81. The van der Waals surface area contributed by atoms with Crippen molar-refractivity contribution in [3.8, 4) is 0 Å². The predicted molar refractivity (Wildman–Crippen MR) is 75.0 cm³/mol. The molecule has 0 atom stereocenters. The third-order valence-corrected chi connectivity index (χ3v) is 3.49. The maximum Gasteiger partial charge on any atom is 0.416 e. The van der Waals surface area contributed by atoms with Crippen molar-refractivity contribution in [3.05, 3.63) is 17.7 Å². The Labute approximate surface area is 121 Å². The topological polar surface area (TPSA) is 60.2 Å². The molecule has 1 aliphatic carbocycles. The molecule has 0 bridgehead atoms. The molecule has 1 aliphatic rings. The SMILES string of the molecule is Nc1cc(C(F)(F)F)cc(NCCOC2CCCCC2)n1. The lowest BCUT2D eigenvalue weighted by Crippen LogP contribution is -2.21. The van der Waals surface area contributed by atoms with Gasteiger partial charge in [0.15, 0.2) is 0 Å². The van der Waals surface area contributed by atoms with Gasteiger partial charge in [-0.05, 0) is 25.0 Å². The second-order valence-electron chi connectivity index (χ2n) is 5.22. The summed E-state index contributed by atoms with van der Waals surface area (Å²) >= 11 is 0. The molecule has 0 radical (unpaired) electrons. The van der Waals surface area contributed by atoms with E-state index < -0.39 is 11.7 Å². The number of nitrogens with two attached hydrogens (primary N) is 1. The summed E-state index contributed by atoms with van der Waals surface area (Å²) < 4.78 is 43.6. The first-order chi connectivity index (χ1) is 9.95. The molecule has 0 saturated heterocycles. The minimum absolute atomic E-state index is 0.120.